The number of hydrogen-bond donors (Lipinski definition) is 0. The van der Waals surface area contributed by atoms with Gasteiger partial charge in [0.25, 0.3) is 0 Å². The van der Waals surface area contributed by atoms with E-state index in [2.05, 4.69) is 31.9 Å². The van der Waals surface area contributed by atoms with Crippen LogP contribution in [0.25, 0.3) is 42.8 Å². The molecule has 46 heavy (non-hydrogen) atoms. The summed E-state index contributed by atoms with van der Waals surface area (Å²) >= 11 is 8.63. The predicted molar refractivity (Wildman–Crippen MR) is 183 cm³/mol. The fourth-order valence-corrected chi connectivity index (χ4v) is 6.79. The van der Waals surface area contributed by atoms with Gasteiger partial charge in [-0.25, -0.2) is 19.2 Å². The molecule has 2 heterocycles. The quantitative estimate of drug-likeness (QED) is 0.121. The molecule has 0 saturated carbocycles. The molecule has 7 rings (SSSR count). The van der Waals surface area contributed by atoms with Gasteiger partial charge < -0.3 is 18.3 Å². The maximum absolute atomic E-state index is 13.3. The van der Waals surface area contributed by atoms with Crippen molar-refractivity contribution in [3.8, 4) is 33.8 Å². The van der Waals surface area contributed by atoms with Crippen LogP contribution >= 0.6 is 54.5 Å². The highest BCUT2D eigenvalue weighted by Crippen LogP contribution is 2.37. The minimum Gasteiger partial charge on any atom is -0.423 e. The highest BCUT2D eigenvalue weighted by Gasteiger charge is 2.19. The third-order valence-electron chi connectivity index (χ3n) is 6.88. The molecule has 5 aromatic carbocycles. The van der Waals surface area contributed by atoms with Gasteiger partial charge in [-0.05, 0) is 65.7 Å². The molecule has 0 saturated heterocycles. The van der Waals surface area contributed by atoms with Crippen molar-refractivity contribution in [1.82, 2.24) is 0 Å². The number of carbonyl (C=O) groups excluding carboxylic acids is 2. The standard InChI is InChI=1S/C34H16Br2O8S2/c35-21-8-4-17(5-9-21)25-13-23(15-27-29(25)43-33(39)45-27)41-31(37)19-2-1-3-20(12-19)32(38)42-24-14-26(18-6-10-22(36)11-7-18)30-28(16-24)46-34(40)44-30/h1-16H. The smallest absolute Gasteiger partial charge is 0.396 e. The molecule has 0 radical (unpaired) electrons. The third kappa shape index (κ3) is 6.12. The first-order valence-electron chi connectivity index (χ1n) is 13.4. The Kier molecular flexibility index (Phi) is 8.03. The first kappa shape index (κ1) is 30.1. The van der Waals surface area contributed by atoms with E-state index in [9.17, 15) is 19.2 Å². The van der Waals surface area contributed by atoms with E-state index >= 15 is 0 Å². The van der Waals surface area contributed by atoms with Crippen LogP contribution in [0.3, 0.4) is 0 Å². The Hall–Kier alpha value is -4.62. The van der Waals surface area contributed by atoms with Gasteiger partial charge in [-0.2, -0.15) is 0 Å². The summed E-state index contributed by atoms with van der Waals surface area (Å²) < 4.78 is 25.0. The molecule has 0 N–H and O–H groups in total. The van der Waals surface area contributed by atoms with Crippen molar-refractivity contribution in [2.24, 2.45) is 0 Å². The molecule has 7 aromatic rings. The number of ether oxygens (including phenoxy) is 2. The Morgan fingerprint density at radius 2 is 0.978 bits per heavy atom. The van der Waals surface area contributed by atoms with E-state index in [1.165, 1.54) is 18.2 Å². The fourth-order valence-electron chi connectivity index (χ4n) is 4.81. The van der Waals surface area contributed by atoms with E-state index in [4.69, 9.17) is 18.3 Å². The molecule has 0 unspecified atom stereocenters. The van der Waals surface area contributed by atoms with Gasteiger partial charge in [0.2, 0.25) is 0 Å². The van der Waals surface area contributed by atoms with Crippen molar-refractivity contribution < 1.29 is 27.9 Å². The van der Waals surface area contributed by atoms with Crippen molar-refractivity contribution in [2.45, 2.75) is 0 Å². The summed E-state index contributed by atoms with van der Waals surface area (Å²) in [4.78, 5) is 49.7. The Morgan fingerprint density at radius 1 is 0.565 bits per heavy atom. The van der Waals surface area contributed by atoms with Crippen LogP contribution in [0, 0.1) is 0 Å². The summed E-state index contributed by atoms with van der Waals surface area (Å²) in [5.41, 5.74) is 3.72. The molecule has 0 bridgehead atoms. The molecular formula is C34H16Br2O8S2. The van der Waals surface area contributed by atoms with Crippen LogP contribution in [0.15, 0.2) is 124 Å². The summed E-state index contributed by atoms with van der Waals surface area (Å²) in [5, 5.41) is 0. The van der Waals surface area contributed by atoms with Crippen molar-refractivity contribution >= 4 is 87.0 Å². The van der Waals surface area contributed by atoms with Gasteiger partial charge in [0.1, 0.15) is 11.5 Å². The second-order valence-corrected chi connectivity index (χ2v) is 13.7. The summed E-state index contributed by atoms with van der Waals surface area (Å²) in [6.07, 6.45) is 0. The maximum atomic E-state index is 13.3. The molecular weight excluding hydrogens is 760 g/mol. The Morgan fingerprint density at radius 3 is 1.39 bits per heavy atom. The molecule has 0 atom stereocenters. The predicted octanol–water partition coefficient (Wildman–Crippen LogP) is 9.32. The lowest BCUT2D eigenvalue weighted by Crippen LogP contribution is -2.12. The second-order valence-electron chi connectivity index (χ2n) is 9.88. The van der Waals surface area contributed by atoms with Crippen molar-refractivity contribution in [3.05, 3.63) is 137 Å². The summed E-state index contributed by atoms with van der Waals surface area (Å²) in [6, 6.07) is 27.1. The van der Waals surface area contributed by atoms with Crippen LogP contribution in [0.1, 0.15) is 20.7 Å². The second kappa shape index (κ2) is 12.3. The molecule has 12 heteroatoms. The minimum atomic E-state index is -0.714. The number of benzene rings is 5. The van der Waals surface area contributed by atoms with Gasteiger partial charge in [0.15, 0.2) is 11.2 Å². The molecule has 0 fully saturated rings. The number of esters is 2. The third-order valence-corrected chi connectivity index (χ3v) is 9.48. The van der Waals surface area contributed by atoms with E-state index in [0.717, 1.165) is 42.7 Å². The van der Waals surface area contributed by atoms with Crippen LogP contribution < -0.4 is 19.4 Å². The lowest BCUT2D eigenvalue weighted by Gasteiger charge is -2.10. The lowest BCUT2D eigenvalue weighted by atomic mass is 10.0. The average molecular weight is 776 g/mol. The minimum absolute atomic E-state index is 0.110. The van der Waals surface area contributed by atoms with Gasteiger partial charge >= 0.3 is 21.8 Å². The molecule has 2 aromatic heterocycles. The first-order valence-corrected chi connectivity index (χ1v) is 16.6. The van der Waals surface area contributed by atoms with Crippen molar-refractivity contribution in [3.63, 3.8) is 0 Å². The monoisotopic (exact) mass is 774 g/mol. The number of fused-ring (bicyclic) bond motifs is 2. The van der Waals surface area contributed by atoms with Gasteiger partial charge in [-0.1, -0.05) is 84.9 Å². The average Bonchev–Trinajstić information content (AvgIpc) is 3.61. The summed E-state index contributed by atoms with van der Waals surface area (Å²) in [6.45, 7) is 0. The van der Waals surface area contributed by atoms with Gasteiger partial charge in [-0.15, -0.1) is 0 Å². The molecule has 0 aliphatic carbocycles. The molecule has 0 aliphatic heterocycles. The number of halogens is 2. The van der Waals surface area contributed by atoms with Gasteiger partial charge in [-0.3, -0.25) is 0 Å². The normalized spacial score (nSPS) is 11.2. The van der Waals surface area contributed by atoms with E-state index in [1.807, 2.05) is 48.5 Å². The van der Waals surface area contributed by atoms with Crippen LogP contribution in [0.2, 0.25) is 0 Å². The van der Waals surface area contributed by atoms with E-state index < -0.39 is 21.8 Å². The van der Waals surface area contributed by atoms with E-state index in [0.29, 0.717) is 31.7 Å². The number of carbonyl (C=O) groups is 2. The molecule has 8 nitrogen and oxygen atoms in total. The number of hydrogen-bond acceptors (Lipinski definition) is 10. The van der Waals surface area contributed by atoms with Crippen LogP contribution in [0.4, 0.5) is 0 Å². The fraction of sp³-hybridized carbons (Fsp3) is 0. The van der Waals surface area contributed by atoms with Crippen molar-refractivity contribution in [2.75, 3.05) is 0 Å². The number of rotatable bonds is 6. The molecule has 226 valence electrons. The first-order chi connectivity index (χ1) is 22.2. The SMILES string of the molecule is O=C(Oc1cc(-c2ccc(Br)cc2)c2oc(=O)sc2c1)c1cccc(C(=O)Oc2cc(-c3ccc(Br)cc3)c3oc(=O)sc3c2)c1. The van der Waals surface area contributed by atoms with E-state index in [1.54, 1.807) is 30.3 Å². The Labute approximate surface area is 283 Å². The lowest BCUT2D eigenvalue weighted by molar-refractivity contribution is 0.0735. The highest BCUT2D eigenvalue weighted by atomic mass is 79.9. The van der Waals surface area contributed by atoms with Crippen LogP contribution in [-0.4, -0.2) is 11.9 Å². The zero-order valence-electron chi connectivity index (χ0n) is 23.1. The topological polar surface area (TPSA) is 113 Å². The highest BCUT2D eigenvalue weighted by molar-refractivity contribution is 9.10. The van der Waals surface area contributed by atoms with Gasteiger partial charge in [0, 0.05) is 32.2 Å². The van der Waals surface area contributed by atoms with Crippen LogP contribution in [0.5, 0.6) is 11.5 Å². The maximum Gasteiger partial charge on any atom is 0.396 e. The molecule has 0 amide bonds. The zero-order chi connectivity index (χ0) is 31.9. The Bertz CT molecular complexity index is 2250. The summed E-state index contributed by atoms with van der Waals surface area (Å²) in [5.74, 6) is -1.02. The Balaban J connectivity index is 1.16. The zero-order valence-corrected chi connectivity index (χ0v) is 27.9. The van der Waals surface area contributed by atoms with Crippen molar-refractivity contribution in [1.29, 1.82) is 0 Å². The van der Waals surface area contributed by atoms with Crippen LogP contribution in [-0.2, 0) is 0 Å². The summed E-state index contributed by atoms with van der Waals surface area (Å²) in [7, 11) is 0. The van der Waals surface area contributed by atoms with E-state index in [-0.39, 0.29) is 22.6 Å². The van der Waals surface area contributed by atoms with Gasteiger partial charge in [0.05, 0.1) is 20.5 Å². The largest absolute Gasteiger partial charge is 0.423 e. The molecule has 0 aliphatic rings. The molecule has 0 spiro atoms.